The molecule has 0 amide bonds. The van der Waals surface area contributed by atoms with E-state index in [9.17, 15) is 9.59 Å². The number of thiazole rings is 1. The van der Waals surface area contributed by atoms with Crippen molar-refractivity contribution in [2.45, 2.75) is 37.8 Å². The minimum absolute atomic E-state index is 0.208. The Morgan fingerprint density at radius 2 is 1.97 bits per heavy atom. The molecule has 170 valence electrons. The third-order valence-electron chi connectivity index (χ3n) is 5.16. The van der Waals surface area contributed by atoms with E-state index in [2.05, 4.69) is 4.99 Å². The molecule has 4 rings (SSSR count). The molecular weight excluding hydrogens is 476 g/mol. The highest BCUT2D eigenvalue weighted by atomic mass is 35.5. The van der Waals surface area contributed by atoms with Crippen molar-refractivity contribution in [2.24, 2.45) is 4.99 Å². The first-order valence-electron chi connectivity index (χ1n) is 10.4. The lowest BCUT2D eigenvalue weighted by atomic mass is 9.96. The van der Waals surface area contributed by atoms with Crippen molar-refractivity contribution in [3.63, 3.8) is 0 Å². The molecule has 0 fully saturated rings. The maximum atomic E-state index is 13.6. The summed E-state index contributed by atoms with van der Waals surface area (Å²) in [6, 6.07) is 14.6. The predicted molar refractivity (Wildman–Crippen MR) is 135 cm³/mol. The summed E-state index contributed by atoms with van der Waals surface area (Å²) in [5, 5.41) is 0.595. The van der Waals surface area contributed by atoms with Crippen LogP contribution in [0.3, 0.4) is 0 Å². The largest absolute Gasteiger partial charge is 0.459 e. The topological polar surface area (TPSA) is 60.7 Å². The minimum Gasteiger partial charge on any atom is -0.459 e. The van der Waals surface area contributed by atoms with Gasteiger partial charge in [0.1, 0.15) is 0 Å². The Hall–Kier alpha value is -2.61. The van der Waals surface area contributed by atoms with Crippen LogP contribution in [0.25, 0.3) is 6.08 Å². The number of halogens is 1. The van der Waals surface area contributed by atoms with E-state index in [0.717, 1.165) is 16.0 Å². The second-order valence-corrected chi connectivity index (χ2v) is 10.2. The summed E-state index contributed by atoms with van der Waals surface area (Å²) in [7, 11) is 0. The average Bonchev–Trinajstić information content (AvgIpc) is 3.07. The number of hydrogen-bond acceptors (Lipinski definition) is 6. The Labute approximate surface area is 205 Å². The maximum absolute atomic E-state index is 13.6. The van der Waals surface area contributed by atoms with Crippen LogP contribution < -0.4 is 14.9 Å². The zero-order chi connectivity index (χ0) is 23.7. The van der Waals surface area contributed by atoms with E-state index in [1.54, 1.807) is 55.3 Å². The molecule has 0 radical (unpaired) electrons. The molecule has 33 heavy (non-hydrogen) atoms. The van der Waals surface area contributed by atoms with E-state index in [-0.39, 0.29) is 11.7 Å². The van der Waals surface area contributed by atoms with Gasteiger partial charge in [-0.2, -0.15) is 0 Å². The van der Waals surface area contributed by atoms with Gasteiger partial charge < -0.3 is 4.74 Å². The molecule has 8 heteroatoms. The molecule has 1 atom stereocenters. The van der Waals surface area contributed by atoms with E-state index >= 15 is 0 Å². The normalized spacial score (nSPS) is 16.1. The van der Waals surface area contributed by atoms with Gasteiger partial charge in [0, 0.05) is 9.92 Å². The highest BCUT2D eigenvalue weighted by Gasteiger charge is 2.33. The monoisotopic (exact) mass is 498 g/mol. The standard InChI is InChI=1S/C25H23ClN2O3S2/c1-14(2)31-24(30)21-15(3)27-25-28(22(21)17-8-10-19(32-4)11-9-17)23(29)20(33-25)13-16-6-5-7-18(26)12-16/h5-14,22H,1-4H3. The molecule has 3 aromatic rings. The molecule has 5 nitrogen and oxygen atoms in total. The molecule has 0 N–H and O–H groups in total. The van der Waals surface area contributed by atoms with Crippen LogP contribution in [0.15, 0.2) is 74.5 Å². The lowest BCUT2D eigenvalue weighted by Gasteiger charge is -2.25. The van der Waals surface area contributed by atoms with E-state index in [0.29, 0.717) is 25.6 Å². The van der Waals surface area contributed by atoms with Crippen LogP contribution in [-0.4, -0.2) is 22.9 Å². The zero-order valence-electron chi connectivity index (χ0n) is 18.7. The van der Waals surface area contributed by atoms with Gasteiger partial charge in [-0.3, -0.25) is 9.36 Å². The summed E-state index contributed by atoms with van der Waals surface area (Å²) in [4.78, 5) is 32.9. The van der Waals surface area contributed by atoms with Gasteiger partial charge in [-0.25, -0.2) is 9.79 Å². The second-order valence-electron chi connectivity index (χ2n) is 7.86. The van der Waals surface area contributed by atoms with E-state index in [1.807, 2.05) is 42.7 Å². The van der Waals surface area contributed by atoms with Crippen molar-refractivity contribution in [2.75, 3.05) is 6.26 Å². The SMILES string of the molecule is CSc1ccc(C2C(C(=O)OC(C)C)=C(C)N=c3sc(=Cc4cccc(Cl)c4)c(=O)n32)cc1. The molecule has 1 unspecified atom stereocenters. The molecule has 1 aromatic heterocycles. The molecule has 0 aliphatic carbocycles. The fraction of sp³-hybridized carbons (Fsp3) is 0.240. The number of nitrogens with zero attached hydrogens (tertiary/aromatic N) is 2. The number of carbonyl (C=O) groups is 1. The summed E-state index contributed by atoms with van der Waals surface area (Å²) in [5.41, 5.74) is 2.37. The summed E-state index contributed by atoms with van der Waals surface area (Å²) in [5.74, 6) is -0.464. The van der Waals surface area contributed by atoms with E-state index in [1.165, 1.54) is 11.3 Å². The number of allylic oxidation sites excluding steroid dienone is 1. The lowest BCUT2D eigenvalue weighted by Crippen LogP contribution is -2.40. The van der Waals surface area contributed by atoms with Crippen molar-refractivity contribution in [3.8, 4) is 0 Å². The number of carbonyl (C=O) groups excluding carboxylic acids is 1. The zero-order valence-corrected chi connectivity index (χ0v) is 21.1. The number of benzene rings is 2. The third kappa shape index (κ3) is 4.86. The fourth-order valence-corrected chi connectivity index (χ4v) is 5.36. The smallest absolute Gasteiger partial charge is 0.338 e. The molecule has 0 spiro atoms. The quantitative estimate of drug-likeness (QED) is 0.382. The highest BCUT2D eigenvalue weighted by Crippen LogP contribution is 2.32. The van der Waals surface area contributed by atoms with Gasteiger partial charge in [0.2, 0.25) is 0 Å². The van der Waals surface area contributed by atoms with Crippen molar-refractivity contribution in [1.29, 1.82) is 0 Å². The van der Waals surface area contributed by atoms with Crippen molar-refractivity contribution >= 4 is 46.7 Å². The highest BCUT2D eigenvalue weighted by molar-refractivity contribution is 7.98. The van der Waals surface area contributed by atoms with Gasteiger partial charge in [0.05, 0.1) is 27.9 Å². The Morgan fingerprint density at radius 1 is 1.24 bits per heavy atom. The van der Waals surface area contributed by atoms with Crippen LogP contribution in [0.2, 0.25) is 5.02 Å². The number of ether oxygens (including phenoxy) is 1. The van der Waals surface area contributed by atoms with Crippen LogP contribution in [-0.2, 0) is 9.53 Å². The average molecular weight is 499 g/mol. The van der Waals surface area contributed by atoms with Gasteiger partial charge in [-0.1, -0.05) is 47.2 Å². The molecule has 1 aliphatic heterocycles. The first kappa shape index (κ1) is 23.5. The molecule has 1 aliphatic rings. The van der Waals surface area contributed by atoms with Crippen LogP contribution in [0.1, 0.15) is 37.9 Å². The van der Waals surface area contributed by atoms with Crippen LogP contribution >= 0.6 is 34.7 Å². The number of fused-ring (bicyclic) bond motifs is 1. The summed E-state index contributed by atoms with van der Waals surface area (Å²) >= 11 is 9.04. The number of aromatic nitrogens is 1. The van der Waals surface area contributed by atoms with Crippen molar-refractivity contribution in [1.82, 2.24) is 4.57 Å². The maximum Gasteiger partial charge on any atom is 0.338 e. The van der Waals surface area contributed by atoms with Gasteiger partial charge in [0.25, 0.3) is 5.56 Å². The molecule has 2 heterocycles. The predicted octanol–water partition coefficient (Wildman–Crippen LogP) is 4.56. The first-order valence-corrected chi connectivity index (χ1v) is 12.8. The summed E-state index contributed by atoms with van der Waals surface area (Å²) in [6.45, 7) is 5.39. The molecular formula is C25H23ClN2O3S2. The third-order valence-corrected chi connectivity index (χ3v) is 7.12. The Kier molecular flexibility index (Phi) is 6.93. The molecule has 2 aromatic carbocycles. The minimum atomic E-state index is -0.620. The Bertz CT molecular complexity index is 1420. The summed E-state index contributed by atoms with van der Waals surface area (Å²) < 4.78 is 7.65. The van der Waals surface area contributed by atoms with Gasteiger partial charge >= 0.3 is 5.97 Å². The van der Waals surface area contributed by atoms with Crippen LogP contribution in [0.5, 0.6) is 0 Å². The van der Waals surface area contributed by atoms with Gasteiger partial charge in [0.15, 0.2) is 4.80 Å². The van der Waals surface area contributed by atoms with Crippen molar-refractivity contribution in [3.05, 3.63) is 95.6 Å². The number of thioether (sulfide) groups is 1. The molecule has 0 saturated heterocycles. The number of esters is 1. The van der Waals surface area contributed by atoms with Gasteiger partial charge in [-0.05, 0) is 68.5 Å². The lowest BCUT2D eigenvalue weighted by molar-refractivity contribution is -0.143. The number of hydrogen-bond donors (Lipinski definition) is 0. The fourth-order valence-electron chi connectivity index (χ4n) is 3.71. The van der Waals surface area contributed by atoms with Crippen molar-refractivity contribution < 1.29 is 9.53 Å². The second kappa shape index (κ2) is 9.71. The van der Waals surface area contributed by atoms with E-state index in [4.69, 9.17) is 16.3 Å². The molecule has 0 bridgehead atoms. The number of rotatable bonds is 5. The Balaban J connectivity index is 1.94. The van der Waals surface area contributed by atoms with Crippen LogP contribution in [0.4, 0.5) is 0 Å². The molecule has 0 saturated carbocycles. The van der Waals surface area contributed by atoms with Gasteiger partial charge in [-0.15, -0.1) is 11.8 Å². The van der Waals surface area contributed by atoms with E-state index < -0.39 is 12.0 Å². The summed E-state index contributed by atoms with van der Waals surface area (Å²) in [6.07, 6.45) is 3.52. The van der Waals surface area contributed by atoms with Crippen LogP contribution in [0, 0.1) is 0 Å². The first-order chi connectivity index (χ1) is 15.8. The Morgan fingerprint density at radius 3 is 2.61 bits per heavy atom.